The molecule has 1 aliphatic heterocycles. The fourth-order valence-electron chi connectivity index (χ4n) is 4.25. The Balaban J connectivity index is 2.26. The molecule has 0 aromatic rings. The zero-order chi connectivity index (χ0) is 26.8. The molecule has 0 aliphatic carbocycles. The molecule has 0 aromatic heterocycles. The van der Waals surface area contributed by atoms with Crippen molar-refractivity contribution in [1.29, 1.82) is 0 Å². The number of rotatable bonds is 21. The molecule has 5 unspecified atom stereocenters. The summed E-state index contributed by atoms with van der Waals surface area (Å²) < 4.78 is 15.8. The highest BCUT2D eigenvalue weighted by Crippen LogP contribution is 2.25. The minimum atomic E-state index is -1.57. The summed E-state index contributed by atoms with van der Waals surface area (Å²) >= 11 is 0. The van der Waals surface area contributed by atoms with E-state index in [0.717, 1.165) is 19.3 Å². The minimum absolute atomic E-state index is 0.144. The summed E-state index contributed by atoms with van der Waals surface area (Å²) in [6, 6.07) is 0. The van der Waals surface area contributed by atoms with E-state index in [4.69, 9.17) is 19.3 Å². The minimum Gasteiger partial charge on any atom is -0.456 e. The van der Waals surface area contributed by atoms with Crippen LogP contribution in [0, 0.1) is 0 Å². The predicted octanol–water partition coefficient (Wildman–Crippen LogP) is 1.55. The van der Waals surface area contributed by atoms with Crippen LogP contribution in [0.2, 0.25) is 0 Å². The SMILES string of the molecule is CCCCCCCCCCCCCCCC(=O)OC1C(O)C(CO)OC(OC[C@@H](O)[C@@H](O)CO)C1O. The largest absolute Gasteiger partial charge is 0.456 e. The fraction of sp³-hybridized carbons (Fsp3) is 0.962. The number of aliphatic hydroxyl groups is 6. The normalized spacial score (nSPS) is 26.0. The van der Waals surface area contributed by atoms with Crippen molar-refractivity contribution in [2.45, 2.75) is 140 Å². The van der Waals surface area contributed by atoms with E-state index in [0.29, 0.717) is 6.42 Å². The molecule has 1 heterocycles. The lowest BCUT2D eigenvalue weighted by Crippen LogP contribution is -2.60. The predicted molar refractivity (Wildman–Crippen MR) is 133 cm³/mol. The molecule has 0 bridgehead atoms. The van der Waals surface area contributed by atoms with Crippen LogP contribution < -0.4 is 0 Å². The van der Waals surface area contributed by atoms with Crippen LogP contribution in [-0.2, 0) is 19.0 Å². The molecule has 36 heavy (non-hydrogen) atoms. The van der Waals surface area contributed by atoms with Crippen molar-refractivity contribution >= 4 is 5.97 Å². The zero-order valence-corrected chi connectivity index (χ0v) is 21.9. The average Bonchev–Trinajstić information content (AvgIpc) is 2.88. The second-order valence-corrected chi connectivity index (χ2v) is 9.80. The highest BCUT2D eigenvalue weighted by atomic mass is 16.7. The molecule has 0 radical (unpaired) electrons. The van der Waals surface area contributed by atoms with Gasteiger partial charge in [-0.1, -0.05) is 84.0 Å². The fourth-order valence-corrected chi connectivity index (χ4v) is 4.25. The van der Waals surface area contributed by atoms with Gasteiger partial charge in [-0.2, -0.15) is 0 Å². The smallest absolute Gasteiger partial charge is 0.306 e. The van der Waals surface area contributed by atoms with E-state index in [1.807, 2.05) is 0 Å². The Morgan fingerprint density at radius 3 is 1.83 bits per heavy atom. The van der Waals surface area contributed by atoms with Gasteiger partial charge < -0.3 is 44.8 Å². The van der Waals surface area contributed by atoms with Crippen molar-refractivity contribution in [2.75, 3.05) is 19.8 Å². The van der Waals surface area contributed by atoms with Crippen LogP contribution in [0.1, 0.15) is 96.8 Å². The van der Waals surface area contributed by atoms with Gasteiger partial charge in [-0.15, -0.1) is 0 Å². The van der Waals surface area contributed by atoms with Gasteiger partial charge in [0.2, 0.25) is 0 Å². The molecule has 10 heteroatoms. The maximum Gasteiger partial charge on any atom is 0.306 e. The Morgan fingerprint density at radius 1 is 0.806 bits per heavy atom. The van der Waals surface area contributed by atoms with E-state index in [9.17, 15) is 30.3 Å². The number of ether oxygens (including phenoxy) is 3. The first-order valence-corrected chi connectivity index (χ1v) is 13.8. The first kappa shape index (κ1) is 33.2. The van der Waals surface area contributed by atoms with E-state index >= 15 is 0 Å². The van der Waals surface area contributed by atoms with Crippen LogP contribution in [0.15, 0.2) is 0 Å². The summed E-state index contributed by atoms with van der Waals surface area (Å²) in [5.41, 5.74) is 0. The molecule has 0 spiro atoms. The summed E-state index contributed by atoms with van der Waals surface area (Å²) in [4.78, 5) is 12.3. The molecule has 1 rings (SSSR count). The number of aliphatic hydroxyl groups excluding tert-OH is 6. The van der Waals surface area contributed by atoms with Gasteiger partial charge in [0.05, 0.1) is 19.8 Å². The Kier molecular flexibility index (Phi) is 18.6. The third-order valence-electron chi connectivity index (χ3n) is 6.64. The molecule has 7 atom stereocenters. The van der Waals surface area contributed by atoms with Gasteiger partial charge in [0, 0.05) is 6.42 Å². The van der Waals surface area contributed by atoms with Gasteiger partial charge in [0.1, 0.15) is 30.5 Å². The molecule has 214 valence electrons. The maximum atomic E-state index is 12.3. The third-order valence-corrected chi connectivity index (χ3v) is 6.64. The summed E-state index contributed by atoms with van der Waals surface area (Å²) in [7, 11) is 0. The van der Waals surface area contributed by atoms with Crippen molar-refractivity contribution in [2.24, 2.45) is 0 Å². The molecule has 1 saturated heterocycles. The van der Waals surface area contributed by atoms with Gasteiger partial charge in [0.15, 0.2) is 12.4 Å². The van der Waals surface area contributed by atoms with E-state index in [2.05, 4.69) is 6.92 Å². The molecule has 1 aliphatic rings. The number of hydrogen-bond acceptors (Lipinski definition) is 10. The Morgan fingerprint density at radius 2 is 1.33 bits per heavy atom. The highest BCUT2D eigenvalue weighted by molar-refractivity contribution is 5.69. The number of unbranched alkanes of at least 4 members (excludes halogenated alkanes) is 12. The van der Waals surface area contributed by atoms with Crippen LogP contribution in [-0.4, -0.2) is 99.3 Å². The van der Waals surface area contributed by atoms with Gasteiger partial charge >= 0.3 is 5.97 Å². The first-order chi connectivity index (χ1) is 17.3. The van der Waals surface area contributed by atoms with Crippen molar-refractivity contribution in [1.82, 2.24) is 0 Å². The monoisotopic (exact) mass is 522 g/mol. The van der Waals surface area contributed by atoms with Crippen LogP contribution >= 0.6 is 0 Å². The summed E-state index contributed by atoms with van der Waals surface area (Å²) in [6.07, 6.45) is 5.65. The molecular formula is C26H50O10. The van der Waals surface area contributed by atoms with E-state index < -0.39 is 68.7 Å². The molecule has 0 amide bonds. The van der Waals surface area contributed by atoms with Gasteiger partial charge in [-0.25, -0.2) is 0 Å². The number of carbonyl (C=O) groups is 1. The first-order valence-electron chi connectivity index (χ1n) is 13.8. The van der Waals surface area contributed by atoms with Gasteiger partial charge in [-0.3, -0.25) is 4.79 Å². The van der Waals surface area contributed by atoms with E-state index in [1.165, 1.54) is 57.8 Å². The number of carbonyl (C=O) groups excluding carboxylic acids is 1. The number of esters is 1. The third kappa shape index (κ3) is 13.1. The van der Waals surface area contributed by atoms with E-state index in [-0.39, 0.29) is 6.42 Å². The topological polar surface area (TPSA) is 166 Å². The standard InChI is InChI=1S/C26H50O10/c1-2-3-4-5-6-7-8-9-10-11-12-13-14-15-22(31)36-25-23(32)21(17-28)35-26(24(25)33)34-18-20(30)19(29)16-27/h19-21,23-30,32-33H,2-18H2,1H3/t19-,20+,21?,23?,24?,25?,26?/m0/s1. The van der Waals surface area contributed by atoms with Crippen LogP contribution in [0.3, 0.4) is 0 Å². The van der Waals surface area contributed by atoms with Crippen molar-refractivity contribution < 1.29 is 49.6 Å². The zero-order valence-electron chi connectivity index (χ0n) is 21.9. The average molecular weight is 523 g/mol. The lowest BCUT2D eigenvalue weighted by molar-refractivity contribution is -0.308. The molecule has 1 fully saturated rings. The van der Waals surface area contributed by atoms with Crippen LogP contribution in [0.5, 0.6) is 0 Å². The molecule has 6 N–H and O–H groups in total. The second-order valence-electron chi connectivity index (χ2n) is 9.80. The van der Waals surface area contributed by atoms with Crippen molar-refractivity contribution in [3.63, 3.8) is 0 Å². The van der Waals surface area contributed by atoms with Crippen LogP contribution in [0.25, 0.3) is 0 Å². The quantitative estimate of drug-likeness (QED) is 0.0961. The molecular weight excluding hydrogens is 472 g/mol. The van der Waals surface area contributed by atoms with Gasteiger partial charge in [0.25, 0.3) is 0 Å². The summed E-state index contributed by atoms with van der Waals surface area (Å²) in [5.74, 6) is -0.575. The molecule has 0 saturated carbocycles. The lowest BCUT2D eigenvalue weighted by Gasteiger charge is -2.41. The summed E-state index contributed by atoms with van der Waals surface area (Å²) in [6.45, 7) is 0.447. The van der Waals surface area contributed by atoms with Crippen molar-refractivity contribution in [3.8, 4) is 0 Å². The van der Waals surface area contributed by atoms with E-state index in [1.54, 1.807) is 0 Å². The molecule has 10 nitrogen and oxygen atoms in total. The Labute approximate surface area is 215 Å². The maximum absolute atomic E-state index is 12.3. The highest BCUT2D eigenvalue weighted by Gasteiger charge is 2.47. The number of hydrogen-bond donors (Lipinski definition) is 6. The van der Waals surface area contributed by atoms with Gasteiger partial charge in [-0.05, 0) is 6.42 Å². The van der Waals surface area contributed by atoms with Crippen molar-refractivity contribution in [3.05, 3.63) is 0 Å². The Bertz CT molecular complexity index is 549. The summed E-state index contributed by atoms with van der Waals surface area (Å²) in [5, 5.41) is 58.3. The van der Waals surface area contributed by atoms with Crippen LogP contribution in [0.4, 0.5) is 0 Å². The molecule has 0 aromatic carbocycles. The Hall–Kier alpha value is -0.850. The lowest BCUT2D eigenvalue weighted by atomic mass is 9.99. The second kappa shape index (κ2) is 20.2.